The molecule has 2 aromatic carbocycles. The smallest absolute Gasteiger partial charge is 0.329 e. The van der Waals surface area contributed by atoms with Crippen molar-refractivity contribution in [3.05, 3.63) is 70.4 Å². The maximum atomic E-state index is 13.1. The average Bonchev–Trinajstić information content (AvgIpc) is 3.19. The molecule has 1 aromatic heterocycles. The van der Waals surface area contributed by atoms with Crippen LogP contribution in [0.5, 0.6) is 0 Å². The van der Waals surface area contributed by atoms with E-state index < -0.39 is 23.5 Å². The highest BCUT2D eigenvalue weighted by Gasteiger charge is 2.36. The standard InChI is InChI=1S/C27H34ClN3O4/c1-16(2)13-27(4,26(34)35)31-25(33)22-10-6-9-21-19(14-30-24(21)22)11-17(3)29-15-23(32)18-7-5-8-20(28)12-18/h5-10,12,14,16-17,23,29-30,32H,11,13,15H2,1-4H3,(H,31,33)(H,34,35)/t17-,23+,27+/m1/s1. The molecule has 0 aliphatic heterocycles. The largest absolute Gasteiger partial charge is 0.480 e. The number of aliphatic hydroxyl groups excluding tert-OH is 1. The first-order chi connectivity index (χ1) is 16.5. The van der Waals surface area contributed by atoms with E-state index in [0.29, 0.717) is 35.5 Å². The molecule has 3 aromatic rings. The molecule has 7 nitrogen and oxygen atoms in total. The summed E-state index contributed by atoms with van der Waals surface area (Å²) >= 11 is 6.02. The zero-order valence-corrected chi connectivity index (χ0v) is 21.3. The number of para-hydroxylation sites is 1. The highest BCUT2D eigenvalue weighted by atomic mass is 35.5. The number of halogens is 1. The second-order valence-corrected chi connectivity index (χ2v) is 10.3. The van der Waals surface area contributed by atoms with Crippen LogP contribution in [0.4, 0.5) is 0 Å². The van der Waals surface area contributed by atoms with Crippen LogP contribution in [-0.2, 0) is 11.2 Å². The van der Waals surface area contributed by atoms with E-state index in [1.54, 1.807) is 31.2 Å². The fourth-order valence-electron chi connectivity index (χ4n) is 4.44. The van der Waals surface area contributed by atoms with E-state index in [9.17, 15) is 19.8 Å². The number of carboxylic acid groups (broad SMARTS) is 1. The van der Waals surface area contributed by atoms with Crippen molar-refractivity contribution in [2.45, 2.75) is 58.2 Å². The van der Waals surface area contributed by atoms with Crippen molar-refractivity contribution in [3.8, 4) is 0 Å². The second kappa shape index (κ2) is 11.2. The first-order valence-electron chi connectivity index (χ1n) is 11.8. The summed E-state index contributed by atoms with van der Waals surface area (Å²) in [5, 5.41) is 27.7. The van der Waals surface area contributed by atoms with Crippen LogP contribution in [0.2, 0.25) is 5.02 Å². The number of hydrogen-bond acceptors (Lipinski definition) is 4. The highest BCUT2D eigenvalue weighted by Crippen LogP contribution is 2.25. The SMILES string of the molecule is CC(C)C[C@](C)(NC(=O)c1cccc2c(C[C@@H](C)NC[C@H](O)c3cccc(Cl)c3)c[nH]c12)C(=O)O. The number of aromatic nitrogens is 1. The Hall–Kier alpha value is -2.87. The van der Waals surface area contributed by atoms with Gasteiger partial charge in [-0.25, -0.2) is 4.79 Å². The first-order valence-corrected chi connectivity index (χ1v) is 12.2. The summed E-state index contributed by atoms with van der Waals surface area (Å²) in [7, 11) is 0. The Balaban J connectivity index is 1.71. The van der Waals surface area contributed by atoms with Crippen LogP contribution in [-0.4, -0.2) is 45.2 Å². The Bertz CT molecular complexity index is 1190. The number of benzene rings is 2. The molecular formula is C27H34ClN3O4. The lowest BCUT2D eigenvalue weighted by atomic mass is 9.90. The summed E-state index contributed by atoms with van der Waals surface area (Å²) in [6.45, 7) is 7.80. The van der Waals surface area contributed by atoms with Crippen LogP contribution < -0.4 is 10.6 Å². The van der Waals surface area contributed by atoms with Gasteiger partial charge in [-0.05, 0) is 61.9 Å². The molecule has 0 saturated heterocycles. The number of amides is 1. The quantitative estimate of drug-likeness (QED) is 0.262. The lowest BCUT2D eigenvalue weighted by molar-refractivity contribution is -0.144. The summed E-state index contributed by atoms with van der Waals surface area (Å²) in [4.78, 5) is 28.2. The normalized spacial score (nSPS) is 15.1. The summed E-state index contributed by atoms with van der Waals surface area (Å²) in [6, 6.07) is 12.7. The number of aromatic amines is 1. The molecule has 0 spiro atoms. The van der Waals surface area contributed by atoms with Gasteiger partial charge in [0.05, 0.1) is 17.2 Å². The topological polar surface area (TPSA) is 114 Å². The molecule has 8 heteroatoms. The third kappa shape index (κ3) is 6.63. The van der Waals surface area contributed by atoms with Gasteiger partial charge in [0.1, 0.15) is 5.54 Å². The fraction of sp³-hybridized carbons (Fsp3) is 0.407. The van der Waals surface area contributed by atoms with Gasteiger partial charge in [-0.15, -0.1) is 0 Å². The van der Waals surface area contributed by atoms with Crippen molar-refractivity contribution < 1.29 is 19.8 Å². The van der Waals surface area contributed by atoms with Gasteiger partial charge in [0.15, 0.2) is 0 Å². The molecule has 0 saturated carbocycles. The van der Waals surface area contributed by atoms with Gasteiger partial charge in [0, 0.05) is 29.2 Å². The third-order valence-electron chi connectivity index (χ3n) is 6.14. The van der Waals surface area contributed by atoms with Crippen molar-refractivity contribution in [2.75, 3.05) is 6.54 Å². The van der Waals surface area contributed by atoms with Gasteiger partial charge in [-0.1, -0.05) is 49.7 Å². The molecule has 0 unspecified atom stereocenters. The Labute approximate surface area is 210 Å². The first kappa shape index (κ1) is 26.7. The van der Waals surface area contributed by atoms with Crippen molar-refractivity contribution in [2.24, 2.45) is 5.92 Å². The molecular weight excluding hydrogens is 466 g/mol. The van der Waals surface area contributed by atoms with Crippen LogP contribution in [0.1, 0.15) is 61.7 Å². The van der Waals surface area contributed by atoms with E-state index in [-0.39, 0.29) is 12.0 Å². The van der Waals surface area contributed by atoms with E-state index >= 15 is 0 Å². The molecule has 188 valence electrons. The number of rotatable bonds is 11. The van der Waals surface area contributed by atoms with Crippen molar-refractivity contribution in [1.29, 1.82) is 0 Å². The molecule has 3 atom stereocenters. The maximum Gasteiger partial charge on any atom is 0.329 e. The van der Waals surface area contributed by atoms with Crippen LogP contribution in [0, 0.1) is 5.92 Å². The monoisotopic (exact) mass is 499 g/mol. The molecule has 5 N–H and O–H groups in total. The zero-order valence-electron chi connectivity index (χ0n) is 20.6. The van der Waals surface area contributed by atoms with E-state index in [0.717, 1.165) is 16.5 Å². The fourth-order valence-corrected chi connectivity index (χ4v) is 4.64. The number of aliphatic carboxylic acids is 1. The predicted octanol–water partition coefficient (Wildman–Crippen LogP) is 4.69. The van der Waals surface area contributed by atoms with Crippen molar-refractivity contribution >= 4 is 34.4 Å². The van der Waals surface area contributed by atoms with Gasteiger partial charge in [-0.2, -0.15) is 0 Å². The lowest BCUT2D eigenvalue weighted by Gasteiger charge is -2.28. The molecule has 0 radical (unpaired) electrons. The summed E-state index contributed by atoms with van der Waals surface area (Å²) < 4.78 is 0. The average molecular weight is 500 g/mol. The Morgan fingerprint density at radius 2 is 1.86 bits per heavy atom. The number of aliphatic hydroxyl groups is 1. The van der Waals surface area contributed by atoms with Crippen LogP contribution in [0.3, 0.4) is 0 Å². The minimum atomic E-state index is -1.36. The molecule has 1 heterocycles. The van der Waals surface area contributed by atoms with Crippen molar-refractivity contribution in [1.82, 2.24) is 15.6 Å². The minimum Gasteiger partial charge on any atom is -0.480 e. The number of carboxylic acids is 1. The highest BCUT2D eigenvalue weighted by molar-refractivity contribution is 6.30. The molecule has 3 rings (SSSR count). The third-order valence-corrected chi connectivity index (χ3v) is 6.38. The molecule has 35 heavy (non-hydrogen) atoms. The number of carbonyl (C=O) groups is 2. The van der Waals surface area contributed by atoms with E-state index in [1.807, 2.05) is 45.2 Å². The summed E-state index contributed by atoms with van der Waals surface area (Å²) in [5.41, 5.74) is 1.50. The number of carbonyl (C=O) groups excluding carboxylic acids is 1. The van der Waals surface area contributed by atoms with Gasteiger partial charge in [0.25, 0.3) is 5.91 Å². The molecule has 0 aliphatic rings. The lowest BCUT2D eigenvalue weighted by Crippen LogP contribution is -2.53. The zero-order chi connectivity index (χ0) is 25.8. The van der Waals surface area contributed by atoms with Crippen LogP contribution >= 0.6 is 11.6 Å². The minimum absolute atomic E-state index is 0.0571. The Kier molecular flexibility index (Phi) is 8.59. The van der Waals surface area contributed by atoms with Gasteiger partial charge < -0.3 is 25.8 Å². The molecule has 0 aliphatic carbocycles. The number of hydrogen-bond donors (Lipinski definition) is 5. The van der Waals surface area contributed by atoms with Gasteiger partial charge >= 0.3 is 5.97 Å². The second-order valence-electron chi connectivity index (χ2n) is 9.82. The van der Waals surface area contributed by atoms with Gasteiger partial charge in [-0.3, -0.25) is 4.79 Å². The number of fused-ring (bicyclic) bond motifs is 1. The Morgan fingerprint density at radius 3 is 2.51 bits per heavy atom. The van der Waals surface area contributed by atoms with Crippen LogP contribution in [0.15, 0.2) is 48.7 Å². The Morgan fingerprint density at radius 1 is 1.14 bits per heavy atom. The van der Waals surface area contributed by atoms with Crippen molar-refractivity contribution in [3.63, 3.8) is 0 Å². The molecule has 0 bridgehead atoms. The molecule has 1 amide bonds. The number of nitrogens with one attached hydrogen (secondary N) is 3. The summed E-state index contributed by atoms with van der Waals surface area (Å²) in [6.07, 6.45) is 2.19. The van der Waals surface area contributed by atoms with E-state index in [4.69, 9.17) is 11.6 Å². The van der Waals surface area contributed by atoms with Crippen LogP contribution in [0.25, 0.3) is 10.9 Å². The van der Waals surface area contributed by atoms with E-state index in [1.165, 1.54) is 0 Å². The molecule has 0 fully saturated rings. The van der Waals surface area contributed by atoms with E-state index in [2.05, 4.69) is 15.6 Å². The predicted molar refractivity (Wildman–Crippen MR) is 139 cm³/mol. The van der Waals surface area contributed by atoms with Gasteiger partial charge in [0.2, 0.25) is 0 Å². The number of H-pyrrole nitrogens is 1. The summed E-state index contributed by atoms with van der Waals surface area (Å²) in [5.74, 6) is -1.38. The maximum absolute atomic E-state index is 13.1.